The van der Waals surface area contributed by atoms with E-state index in [0.29, 0.717) is 22.2 Å². The summed E-state index contributed by atoms with van der Waals surface area (Å²) in [5.74, 6) is 0.863. The van der Waals surface area contributed by atoms with E-state index in [4.69, 9.17) is 11.6 Å². The summed E-state index contributed by atoms with van der Waals surface area (Å²) in [5, 5.41) is 10.3. The first-order valence-corrected chi connectivity index (χ1v) is 6.81. The maximum atomic E-state index is 13.8. The van der Waals surface area contributed by atoms with Crippen molar-refractivity contribution in [3.8, 4) is 0 Å². The quantitative estimate of drug-likeness (QED) is 0.800. The van der Waals surface area contributed by atoms with E-state index in [1.54, 1.807) is 23.9 Å². The lowest BCUT2D eigenvalue weighted by molar-refractivity contribution is 0.0619. The van der Waals surface area contributed by atoms with E-state index in [1.807, 2.05) is 0 Å². The predicted molar refractivity (Wildman–Crippen MR) is 64.9 cm³/mol. The Morgan fingerprint density at radius 3 is 2.87 bits per heavy atom. The highest BCUT2D eigenvalue weighted by Gasteiger charge is 2.36. The average molecular weight is 312 g/mol. The van der Waals surface area contributed by atoms with E-state index in [1.165, 1.54) is 0 Å². The Kier molecular flexibility index (Phi) is 3.31. The number of halogens is 3. The minimum absolute atomic E-state index is 0.0397. The number of thioether (sulfide) groups is 1. The molecule has 15 heavy (non-hydrogen) atoms. The number of hydrogen-bond acceptors (Lipinski definition) is 2. The van der Waals surface area contributed by atoms with E-state index in [2.05, 4.69) is 15.9 Å². The number of aliphatic hydroxyl groups is 1. The van der Waals surface area contributed by atoms with E-state index < -0.39 is 11.4 Å². The summed E-state index contributed by atoms with van der Waals surface area (Å²) in [6, 6.07) is 3.26. The summed E-state index contributed by atoms with van der Waals surface area (Å²) >= 11 is 10.6. The standard InChI is InChI=1S/C10H9BrClFOS/c11-7-2-1-6(9(13)8(7)12)10(14)3-4-15-5-10/h1-2,14H,3-5H2. The Labute approximate surface area is 105 Å². The lowest BCUT2D eigenvalue weighted by atomic mass is 9.93. The molecule has 5 heteroatoms. The number of benzene rings is 1. The van der Waals surface area contributed by atoms with Crippen LogP contribution in [-0.2, 0) is 5.60 Å². The SMILES string of the molecule is OC1(c2ccc(Br)c(Cl)c2F)CCSC1. The van der Waals surface area contributed by atoms with Crippen molar-refractivity contribution in [1.82, 2.24) is 0 Å². The molecule has 0 aromatic heterocycles. The highest BCUT2D eigenvalue weighted by atomic mass is 79.9. The van der Waals surface area contributed by atoms with Gasteiger partial charge in [-0.1, -0.05) is 17.7 Å². The normalized spacial score (nSPS) is 25.9. The first-order valence-electron chi connectivity index (χ1n) is 4.49. The van der Waals surface area contributed by atoms with Crippen LogP contribution in [0.1, 0.15) is 12.0 Å². The van der Waals surface area contributed by atoms with Crippen LogP contribution in [0.5, 0.6) is 0 Å². The van der Waals surface area contributed by atoms with Gasteiger partial charge in [0.15, 0.2) is 0 Å². The van der Waals surface area contributed by atoms with Crippen LogP contribution in [0.25, 0.3) is 0 Å². The summed E-state index contributed by atoms with van der Waals surface area (Å²) in [6.45, 7) is 0. The van der Waals surface area contributed by atoms with Crippen LogP contribution in [0.2, 0.25) is 5.02 Å². The summed E-state index contributed by atoms with van der Waals surface area (Å²) < 4.78 is 14.3. The first-order chi connectivity index (χ1) is 7.04. The Bertz CT molecular complexity index is 393. The molecule has 0 amide bonds. The summed E-state index contributed by atoms with van der Waals surface area (Å²) in [4.78, 5) is 0. The molecule has 1 atom stereocenters. The minimum Gasteiger partial charge on any atom is -0.384 e. The monoisotopic (exact) mass is 310 g/mol. The molecule has 1 N–H and O–H groups in total. The maximum Gasteiger partial charge on any atom is 0.149 e. The average Bonchev–Trinajstić information content (AvgIpc) is 2.62. The number of rotatable bonds is 1. The zero-order valence-electron chi connectivity index (χ0n) is 7.77. The molecule has 1 nitrogen and oxygen atoms in total. The van der Waals surface area contributed by atoms with Gasteiger partial charge in [-0.05, 0) is 34.2 Å². The minimum atomic E-state index is -1.06. The van der Waals surface area contributed by atoms with Crippen LogP contribution < -0.4 is 0 Å². The van der Waals surface area contributed by atoms with E-state index in [0.717, 1.165) is 5.75 Å². The summed E-state index contributed by atoms with van der Waals surface area (Å²) in [6.07, 6.45) is 0.576. The third-order valence-electron chi connectivity index (χ3n) is 2.54. The van der Waals surface area contributed by atoms with Gasteiger partial charge in [0.1, 0.15) is 11.4 Å². The fraction of sp³-hybridized carbons (Fsp3) is 0.400. The zero-order valence-corrected chi connectivity index (χ0v) is 10.9. The van der Waals surface area contributed by atoms with Crippen molar-refractivity contribution in [3.63, 3.8) is 0 Å². The molecule has 1 unspecified atom stereocenters. The fourth-order valence-corrected chi connectivity index (χ4v) is 3.39. The van der Waals surface area contributed by atoms with E-state index in [9.17, 15) is 9.50 Å². The second-order valence-corrected chi connectivity index (χ2v) is 5.89. The molecule has 1 heterocycles. The molecule has 1 aromatic carbocycles. The molecule has 0 spiro atoms. The van der Waals surface area contributed by atoms with Gasteiger partial charge in [0.05, 0.1) is 5.02 Å². The van der Waals surface area contributed by atoms with Gasteiger partial charge in [0.2, 0.25) is 0 Å². The van der Waals surface area contributed by atoms with Crippen molar-refractivity contribution in [2.75, 3.05) is 11.5 Å². The largest absolute Gasteiger partial charge is 0.384 e. The lowest BCUT2D eigenvalue weighted by Gasteiger charge is -2.23. The van der Waals surface area contributed by atoms with Crippen molar-refractivity contribution in [2.24, 2.45) is 0 Å². The van der Waals surface area contributed by atoms with Crippen LogP contribution in [0.15, 0.2) is 16.6 Å². The van der Waals surface area contributed by atoms with Crippen LogP contribution in [0.4, 0.5) is 4.39 Å². The molecule has 0 bridgehead atoms. The lowest BCUT2D eigenvalue weighted by Crippen LogP contribution is -2.26. The second kappa shape index (κ2) is 4.24. The molecule has 1 aliphatic heterocycles. The number of hydrogen-bond donors (Lipinski definition) is 1. The molecule has 2 rings (SSSR count). The third-order valence-corrected chi connectivity index (χ3v) is 4.97. The fourth-order valence-electron chi connectivity index (χ4n) is 1.65. The molecular formula is C10H9BrClFOS. The van der Waals surface area contributed by atoms with Crippen LogP contribution in [0.3, 0.4) is 0 Å². The zero-order chi connectivity index (χ0) is 11.1. The molecule has 0 saturated carbocycles. The van der Waals surface area contributed by atoms with Crippen molar-refractivity contribution >= 4 is 39.3 Å². The molecule has 1 aromatic rings. The van der Waals surface area contributed by atoms with Crippen LogP contribution in [-0.4, -0.2) is 16.6 Å². The molecule has 1 saturated heterocycles. The van der Waals surface area contributed by atoms with Gasteiger partial charge in [-0.15, -0.1) is 0 Å². The summed E-state index contributed by atoms with van der Waals surface area (Å²) in [5.41, 5.74) is -0.750. The third kappa shape index (κ3) is 2.05. The van der Waals surface area contributed by atoms with Crippen molar-refractivity contribution in [2.45, 2.75) is 12.0 Å². The topological polar surface area (TPSA) is 20.2 Å². The Hall–Kier alpha value is 0.230. The van der Waals surface area contributed by atoms with Crippen molar-refractivity contribution in [3.05, 3.63) is 33.0 Å². The predicted octanol–water partition coefficient (Wildman–Crippen LogP) is 3.57. The maximum absolute atomic E-state index is 13.8. The molecule has 0 radical (unpaired) electrons. The molecular weight excluding hydrogens is 303 g/mol. The highest BCUT2D eigenvalue weighted by molar-refractivity contribution is 9.10. The first kappa shape index (κ1) is 11.7. The Balaban J connectivity index is 2.49. The van der Waals surface area contributed by atoms with Gasteiger partial charge in [0, 0.05) is 15.8 Å². The van der Waals surface area contributed by atoms with Gasteiger partial charge in [0.25, 0.3) is 0 Å². The Morgan fingerprint density at radius 2 is 2.27 bits per heavy atom. The van der Waals surface area contributed by atoms with Gasteiger partial charge < -0.3 is 5.11 Å². The molecule has 1 aliphatic rings. The van der Waals surface area contributed by atoms with Crippen LogP contribution >= 0.6 is 39.3 Å². The molecule has 82 valence electrons. The molecule has 1 fully saturated rings. The second-order valence-electron chi connectivity index (χ2n) is 3.56. The Morgan fingerprint density at radius 1 is 1.53 bits per heavy atom. The highest BCUT2D eigenvalue weighted by Crippen LogP contribution is 2.40. The van der Waals surface area contributed by atoms with Crippen molar-refractivity contribution < 1.29 is 9.50 Å². The van der Waals surface area contributed by atoms with Gasteiger partial charge in [-0.25, -0.2) is 4.39 Å². The van der Waals surface area contributed by atoms with Gasteiger partial charge >= 0.3 is 0 Å². The van der Waals surface area contributed by atoms with Crippen molar-refractivity contribution in [1.29, 1.82) is 0 Å². The van der Waals surface area contributed by atoms with Crippen LogP contribution in [0, 0.1) is 5.82 Å². The van der Waals surface area contributed by atoms with Gasteiger partial charge in [-0.3, -0.25) is 0 Å². The van der Waals surface area contributed by atoms with E-state index >= 15 is 0 Å². The van der Waals surface area contributed by atoms with Gasteiger partial charge in [-0.2, -0.15) is 11.8 Å². The molecule has 0 aliphatic carbocycles. The van der Waals surface area contributed by atoms with E-state index in [-0.39, 0.29) is 5.02 Å². The summed E-state index contributed by atoms with van der Waals surface area (Å²) in [7, 11) is 0. The smallest absolute Gasteiger partial charge is 0.149 e.